The van der Waals surface area contributed by atoms with E-state index in [0.717, 1.165) is 12.1 Å². The van der Waals surface area contributed by atoms with Crippen molar-refractivity contribution in [2.45, 2.75) is 38.5 Å². The van der Waals surface area contributed by atoms with E-state index in [-0.39, 0.29) is 18.2 Å². The van der Waals surface area contributed by atoms with E-state index in [1.807, 2.05) is 6.92 Å². The fourth-order valence-electron chi connectivity index (χ4n) is 2.55. The number of benzene rings is 1. The molecule has 1 fully saturated rings. The van der Waals surface area contributed by atoms with Crippen molar-refractivity contribution < 1.29 is 23.1 Å². The van der Waals surface area contributed by atoms with Crippen molar-refractivity contribution in [1.82, 2.24) is 4.90 Å². The molecule has 0 saturated carbocycles. The molecule has 3 nitrogen and oxygen atoms in total. The van der Waals surface area contributed by atoms with Gasteiger partial charge in [-0.15, -0.1) is 0 Å². The van der Waals surface area contributed by atoms with Crippen LogP contribution >= 0.6 is 0 Å². The summed E-state index contributed by atoms with van der Waals surface area (Å²) in [4.78, 5) is 13.9. The monoisotopic (exact) mass is 315 g/mol. The van der Waals surface area contributed by atoms with Gasteiger partial charge < -0.3 is 10.0 Å². The molecular weight excluding hydrogens is 295 g/mol. The Morgan fingerprint density at radius 3 is 2.45 bits per heavy atom. The maximum absolute atomic E-state index is 12.5. The van der Waals surface area contributed by atoms with Crippen molar-refractivity contribution in [1.29, 1.82) is 0 Å². The molecule has 1 aliphatic rings. The molecule has 1 aliphatic heterocycles. The Morgan fingerprint density at radius 1 is 1.36 bits per heavy atom. The number of rotatable bonds is 2. The van der Waals surface area contributed by atoms with Crippen LogP contribution in [0.4, 0.5) is 13.2 Å². The minimum Gasteiger partial charge on any atom is -0.390 e. The molecule has 1 saturated heterocycles. The number of carbonyl (C=O) groups is 1. The number of carbonyl (C=O) groups excluding carboxylic acids is 1. The fraction of sp³-hybridized carbons (Fsp3) is 0.562. The zero-order valence-electron chi connectivity index (χ0n) is 12.7. The fourth-order valence-corrected chi connectivity index (χ4v) is 2.55. The van der Waals surface area contributed by atoms with Crippen LogP contribution in [-0.4, -0.2) is 34.6 Å². The number of alkyl halides is 3. The first-order valence-electron chi connectivity index (χ1n) is 7.26. The molecule has 1 heterocycles. The van der Waals surface area contributed by atoms with Crippen molar-refractivity contribution in [2.24, 2.45) is 5.92 Å². The summed E-state index contributed by atoms with van der Waals surface area (Å²) in [6.07, 6.45) is -3.78. The first kappa shape index (κ1) is 16.8. The normalized spacial score (nSPS) is 26.1. The van der Waals surface area contributed by atoms with Crippen LogP contribution in [0.1, 0.15) is 31.4 Å². The highest BCUT2D eigenvalue weighted by Crippen LogP contribution is 2.30. The van der Waals surface area contributed by atoms with Gasteiger partial charge in [0.1, 0.15) is 0 Å². The first-order valence-corrected chi connectivity index (χ1v) is 7.26. The molecule has 0 bridgehead atoms. The van der Waals surface area contributed by atoms with Gasteiger partial charge in [0.15, 0.2) is 0 Å². The lowest BCUT2D eigenvalue weighted by Gasteiger charge is -2.41. The summed E-state index contributed by atoms with van der Waals surface area (Å²) in [5.74, 6) is -0.153. The molecule has 2 atom stereocenters. The average Bonchev–Trinajstić information content (AvgIpc) is 2.41. The van der Waals surface area contributed by atoms with Gasteiger partial charge in [0.25, 0.3) is 0 Å². The maximum Gasteiger partial charge on any atom is 0.416 e. The number of amides is 1. The molecule has 1 amide bonds. The van der Waals surface area contributed by atoms with Gasteiger partial charge >= 0.3 is 6.18 Å². The number of halogens is 3. The zero-order chi connectivity index (χ0) is 16.5. The van der Waals surface area contributed by atoms with E-state index in [2.05, 4.69) is 0 Å². The Hall–Kier alpha value is -1.56. The highest BCUT2D eigenvalue weighted by Gasteiger charge is 2.36. The van der Waals surface area contributed by atoms with Crippen LogP contribution in [0.2, 0.25) is 0 Å². The van der Waals surface area contributed by atoms with Crippen LogP contribution in [0, 0.1) is 5.92 Å². The second kappa shape index (κ2) is 5.91. The van der Waals surface area contributed by atoms with E-state index in [9.17, 15) is 23.1 Å². The average molecular weight is 315 g/mol. The molecule has 22 heavy (non-hydrogen) atoms. The third-order valence-corrected chi connectivity index (χ3v) is 4.43. The first-order chi connectivity index (χ1) is 10.1. The predicted molar refractivity (Wildman–Crippen MR) is 76.1 cm³/mol. The molecular formula is C16H20F3NO2. The number of likely N-dealkylation sites (tertiary alicyclic amines) is 1. The van der Waals surface area contributed by atoms with Gasteiger partial charge in [-0.25, -0.2) is 0 Å². The number of nitrogens with zero attached hydrogens (tertiary/aromatic N) is 1. The molecule has 0 spiro atoms. The van der Waals surface area contributed by atoms with E-state index >= 15 is 0 Å². The molecule has 122 valence electrons. The second-order valence-corrected chi connectivity index (χ2v) is 6.22. The van der Waals surface area contributed by atoms with Gasteiger partial charge in [0, 0.05) is 19.0 Å². The van der Waals surface area contributed by atoms with Crippen LogP contribution in [0.5, 0.6) is 0 Å². The number of hydrogen-bond donors (Lipinski definition) is 1. The van der Waals surface area contributed by atoms with E-state index < -0.39 is 17.3 Å². The molecule has 1 aromatic carbocycles. The number of piperidine rings is 1. The minimum atomic E-state index is -4.36. The molecule has 1 aromatic rings. The highest BCUT2D eigenvalue weighted by molar-refractivity contribution is 5.79. The smallest absolute Gasteiger partial charge is 0.390 e. The molecule has 0 aromatic heterocycles. The molecule has 2 rings (SSSR count). The lowest BCUT2D eigenvalue weighted by atomic mass is 9.84. The summed E-state index contributed by atoms with van der Waals surface area (Å²) in [6.45, 7) is 4.58. The summed E-state index contributed by atoms with van der Waals surface area (Å²) in [5.41, 5.74) is -0.931. The Balaban J connectivity index is 1.98. The summed E-state index contributed by atoms with van der Waals surface area (Å²) in [7, 11) is 0. The molecule has 6 heteroatoms. The third kappa shape index (κ3) is 3.80. The topological polar surface area (TPSA) is 40.5 Å². The van der Waals surface area contributed by atoms with Gasteiger partial charge in [-0.1, -0.05) is 19.1 Å². The summed E-state index contributed by atoms with van der Waals surface area (Å²) in [5, 5.41) is 10.1. The zero-order valence-corrected chi connectivity index (χ0v) is 12.7. The Morgan fingerprint density at radius 2 is 1.95 bits per heavy atom. The van der Waals surface area contributed by atoms with Gasteiger partial charge in [-0.05, 0) is 31.0 Å². The van der Waals surface area contributed by atoms with E-state index in [1.54, 1.807) is 11.8 Å². The summed E-state index contributed by atoms with van der Waals surface area (Å²) in [6, 6.07) is 4.66. The van der Waals surface area contributed by atoms with E-state index in [0.29, 0.717) is 25.1 Å². The van der Waals surface area contributed by atoms with Gasteiger partial charge in [-0.3, -0.25) is 4.79 Å². The maximum atomic E-state index is 12.5. The van der Waals surface area contributed by atoms with Crippen molar-refractivity contribution in [3.63, 3.8) is 0 Å². The quantitative estimate of drug-likeness (QED) is 0.912. The Kier molecular flexibility index (Phi) is 4.52. The van der Waals surface area contributed by atoms with Crippen molar-refractivity contribution in [3.8, 4) is 0 Å². The van der Waals surface area contributed by atoms with Gasteiger partial charge in [0.05, 0.1) is 17.6 Å². The standard InChI is InChI=1S/C16H20F3NO2/c1-11-10-20(8-7-15(11,2)22)14(21)9-12-3-5-13(6-4-12)16(17,18)19/h3-6,11,22H,7-10H2,1-2H3/t11-,15+/m0/s1. The largest absolute Gasteiger partial charge is 0.416 e. The molecule has 1 N–H and O–H groups in total. The lowest BCUT2D eigenvalue weighted by molar-refractivity contribution is -0.138. The number of hydrogen-bond acceptors (Lipinski definition) is 2. The molecule has 0 unspecified atom stereocenters. The summed E-state index contributed by atoms with van der Waals surface area (Å²) >= 11 is 0. The highest BCUT2D eigenvalue weighted by atomic mass is 19.4. The van der Waals surface area contributed by atoms with Crippen molar-refractivity contribution in [2.75, 3.05) is 13.1 Å². The number of aliphatic hydroxyl groups is 1. The van der Waals surface area contributed by atoms with Crippen LogP contribution < -0.4 is 0 Å². The summed E-state index contributed by atoms with van der Waals surface area (Å²) < 4.78 is 37.5. The lowest BCUT2D eigenvalue weighted by Crippen LogP contribution is -2.51. The van der Waals surface area contributed by atoms with E-state index in [4.69, 9.17) is 0 Å². The van der Waals surface area contributed by atoms with Crippen LogP contribution in [-0.2, 0) is 17.4 Å². The third-order valence-electron chi connectivity index (χ3n) is 4.43. The Bertz CT molecular complexity index is 537. The van der Waals surface area contributed by atoms with Crippen LogP contribution in [0.15, 0.2) is 24.3 Å². The van der Waals surface area contributed by atoms with E-state index in [1.165, 1.54) is 12.1 Å². The SMILES string of the molecule is C[C@H]1CN(C(=O)Cc2ccc(C(F)(F)F)cc2)CC[C@@]1(C)O. The van der Waals surface area contributed by atoms with Gasteiger partial charge in [-0.2, -0.15) is 13.2 Å². The van der Waals surface area contributed by atoms with Crippen LogP contribution in [0.3, 0.4) is 0 Å². The predicted octanol–water partition coefficient (Wildman–Crippen LogP) is 2.87. The van der Waals surface area contributed by atoms with Crippen molar-refractivity contribution >= 4 is 5.91 Å². The molecule has 0 radical (unpaired) electrons. The van der Waals surface area contributed by atoms with Gasteiger partial charge in [0.2, 0.25) is 5.91 Å². The Labute approximate surface area is 127 Å². The molecule has 0 aliphatic carbocycles. The second-order valence-electron chi connectivity index (χ2n) is 6.22. The minimum absolute atomic E-state index is 0.0298. The van der Waals surface area contributed by atoms with Crippen LogP contribution in [0.25, 0.3) is 0 Å². The van der Waals surface area contributed by atoms with Crippen molar-refractivity contribution in [3.05, 3.63) is 35.4 Å².